The van der Waals surface area contributed by atoms with Gasteiger partial charge in [0.05, 0.1) is 5.75 Å². The number of aryl methyl sites for hydroxylation is 3. The molecule has 1 amide bonds. The molecule has 1 N–H and O–H groups in total. The molecule has 2 aromatic heterocycles. The molecule has 21 heavy (non-hydrogen) atoms. The Kier molecular flexibility index (Phi) is 4.58. The number of thiophene rings is 1. The SMILES string of the molecule is Cc1nc(SCC(=O)NC(C)(C)C)c2c(C)c(C)sc2n1. The average molecular weight is 323 g/mol. The van der Waals surface area contributed by atoms with Gasteiger partial charge in [-0.2, -0.15) is 0 Å². The van der Waals surface area contributed by atoms with Crippen LogP contribution in [0.5, 0.6) is 0 Å². The zero-order valence-electron chi connectivity index (χ0n) is 13.3. The van der Waals surface area contributed by atoms with Gasteiger partial charge in [0.25, 0.3) is 0 Å². The summed E-state index contributed by atoms with van der Waals surface area (Å²) in [7, 11) is 0. The highest BCUT2D eigenvalue weighted by molar-refractivity contribution is 8.00. The molecule has 4 nitrogen and oxygen atoms in total. The second-order valence-corrected chi connectivity index (χ2v) is 8.29. The zero-order chi connectivity index (χ0) is 15.8. The van der Waals surface area contributed by atoms with E-state index in [1.807, 2.05) is 27.7 Å². The van der Waals surface area contributed by atoms with E-state index >= 15 is 0 Å². The first kappa shape index (κ1) is 16.2. The van der Waals surface area contributed by atoms with Gasteiger partial charge in [0.15, 0.2) is 0 Å². The summed E-state index contributed by atoms with van der Waals surface area (Å²) in [6.45, 7) is 12.0. The Labute approximate surface area is 133 Å². The van der Waals surface area contributed by atoms with Crippen molar-refractivity contribution in [3.63, 3.8) is 0 Å². The van der Waals surface area contributed by atoms with Crippen molar-refractivity contribution in [1.82, 2.24) is 15.3 Å². The van der Waals surface area contributed by atoms with Gasteiger partial charge in [-0.05, 0) is 47.1 Å². The van der Waals surface area contributed by atoms with E-state index in [0.717, 1.165) is 21.1 Å². The summed E-state index contributed by atoms with van der Waals surface area (Å²) >= 11 is 3.17. The van der Waals surface area contributed by atoms with E-state index in [1.165, 1.54) is 22.2 Å². The molecule has 0 aromatic carbocycles. The zero-order valence-corrected chi connectivity index (χ0v) is 15.0. The number of nitrogens with zero attached hydrogens (tertiary/aromatic N) is 2. The molecule has 2 aromatic rings. The van der Waals surface area contributed by atoms with Crippen LogP contribution in [0.2, 0.25) is 0 Å². The highest BCUT2D eigenvalue weighted by atomic mass is 32.2. The highest BCUT2D eigenvalue weighted by Gasteiger charge is 2.17. The van der Waals surface area contributed by atoms with Crippen molar-refractivity contribution >= 4 is 39.2 Å². The van der Waals surface area contributed by atoms with Crippen LogP contribution in [0.3, 0.4) is 0 Å². The Bertz CT molecular complexity index is 686. The lowest BCUT2D eigenvalue weighted by atomic mass is 10.1. The number of amides is 1. The fraction of sp³-hybridized carbons (Fsp3) is 0.533. The van der Waals surface area contributed by atoms with Gasteiger partial charge < -0.3 is 5.32 Å². The van der Waals surface area contributed by atoms with Gasteiger partial charge >= 0.3 is 0 Å². The lowest BCUT2D eigenvalue weighted by Crippen LogP contribution is -2.41. The van der Waals surface area contributed by atoms with E-state index in [-0.39, 0.29) is 11.4 Å². The molecule has 0 saturated heterocycles. The molecule has 114 valence electrons. The van der Waals surface area contributed by atoms with Gasteiger partial charge in [0.1, 0.15) is 15.7 Å². The Morgan fingerprint density at radius 2 is 1.90 bits per heavy atom. The van der Waals surface area contributed by atoms with Crippen LogP contribution in [0.15, 0.2) is 5.03 Å². The van der Waals surface area contributed by atoms with E-state index in [1.54, 1.807) is 11.3 Å². The summed E-state index contributed by atoms with van der Waals surface area (Å²) in [5.41, 5.74) is 1.01. The molecule has 0 saturated carbocycles. The van der Waals surface area contributed by atoms with Crippen LogP contribution in [0, 0.1) is 20.8 Å². The second kappa shape index (κ2) is 5.93. The number of carbonyl (C=O) groups excluding carboxylic acids is 1. The number of thioether (sulfide) groups is 1. The number of rotatable bonds is 3. The number of fused-ring (bicyclic) bond motifs is 1. The molecular weight excluding hydrogens is 302 g/mol. The highest BCUT2D eigenvalue weighted by Crippen LogP contribution is 2.34. The van der Waals surface area contributed by atoms with Crippen molar-refractivity contribution in [2.45, 2.75) is 52.1 Å². The molecule has 0 radical (unpaired) electrons. The van der Waals surface area contributed by atoms with Crippen LogP contribution in [0.25, 0.3) is 10.2 Å². The molecule has 0 bridgehead atoms. The second-order valence-electron chi connectivity index (χ2n) is 6.13. The van der Waals surface area contributed by atoms with Gasteiger partial charge in [0.2, 0.25) is 5.91 Å². The van der Waals surface area contributed by atoms with Crippen LogP contribution >= 0.6 is 23.1 Å². The fourth-order valence-electron chi connectivity index (χ4n) is 2.01. The minimum Gasteiger partial charge on any atom is -0.351 e. The van der Waals surface area contributed by atoms with Gasteiger partial charge in [-0.25, -0.2) is 9.97 Å². The number of carbonyl (C=O) groups is 1. The molecular formula is C15H21N3OS2. The first-order chi connectivity index (χ1) is 9.67. The van der Waals surface area contributed by atoms with E-state index < -0.39 is 0 Å². The Morgan fingerprint density at radius 1 is 1.24 bits per heavy atom. The molecule has 0 fully saturated rings. The van der Waals surface area contributed by atoms with Gasteiger partial charge in [-0.15, -0.1) is 11.3 Å². The lowest BCUT2D eigenvalue weighted by molar-refractivity contribution is -0.119. The summed E-state index contributed by atoms with van der Waals surface area (Å²) in [5, 5.41) is 4.97. The molecule has 6 heteroatoms. The van der Waals surface area contributed by atoms with E-state index in [9.17, 15) is 4.79 Å². The van der Waals surface area contributed by atoms with Crippen LogP contribution in [0.4, 0.5) is 0 Å². The molecule has 0 atom stereocenters. The maximum absolute atomic E-state index is 12.0. The maximum atomic E-state index is 12.0. The standard InChI is InChI=1S/C15H21N3OS2/c1-8-9(2)21-14-12(8)13(16-10(3)17-14)20-7-11(19)18-15(4,5)6/h7H2,1-6H3,(H,18,19). The Morgan fingerprint density at radius 3 is 2.52 bits per heavy atom. The molecule has 0 aliphatic carbocycles. The summed E-state index contributed by atoms with van der Waals surface area (Å²) in [5.74, 6) is 1.15. The third-order valence-electron chi connectivity index (χ3n) is 2.96. The molecule has 2 heterocycles. The third-order valence-corrected chi connectivity index (χ3v) is 5.04. The van der Waals surface area contributed by atoms with E-state index in [4.69, 9.17) is 0 Å². The van der Waals surface area contributed by atoms with Crippen molar-refractivity contribution in [2.24, 2.45) is 0 Å². The lowest BCUT2D eigenvalue weighted by Gasteiger charge is -2.20. The first-order valence-corrected chi connectivity index (χ1v) is 8.66. The largest absolute Gasteiger partial charge is 0.351 e. The maximum Gasteiger partial charge on any atom is 0.230 e. The van der Waals surface area contributed by atoms with Crippen LogP contribution in [-0.4, -0.2) is 27.2 Å². The molecule has 2 rings (SSSR count). The Balaban J connectivity index is 2.24. The average Bonchev–Trinajstić information content (AvgIpc) is 2.59. The molecule has 0 aliphatic heterocycles. The molecule has 0 aliphatic rings. The smallest absolute Gasteiger partial charge is 0.230 e. The van der Waals surface area contributed by atoms with Gasteiger partial charge in [0, 0.05) is 15.8 Å². The predicted octanol–water partition coefficient (Wildman–Crippen LogP) is 3.62. The minimum atomic E-state index is -0.205. The number of hydrogen-bond acceptors (Lipinski definition) is 5. The fourth-order valence-corrected chi connectivity index (χ4v) is 4.08. The molecule has 0 spiro atoms. The van der Waals surface area contributed by atoms with Gasteiger partial charge in [-0.3, -0.25) is 4.79 Å². The van der Waals surface area contributed by atoms with E-state index in [2.05, 4.69) is 29.1 Å². The van der Waals surface area contributed by atoms with Crippen molar-refractivity contribution in [2.75, 3.05) is 5.75 Å². The predicted molar refractivity (Wildman–Crippen MR) is 90.2 cm³/mol. The number of hydrogen-bond donors (Lipinski definition) is 1. The first-order valence-electron chi connectivity index (χ1n) is 6.85. The van der Waals surface area contributed by atoms with Crippen molar-refractivity contribution in [1.29, 1.82) is 0 Å². The summed E-state index contributed by atoms with van der Waals surface area (Å²) in [4.78, 5) is 23.3. The number of nitrogens with one attached hydrogen (secondary N) is 1. The molecule has 0 unspecified atom stereocenters. The summed E-state index contributed by atoms with van der Waals surface area (Å²) in [6.07, 6.45) is 0. The quantitative estimate of drug-likeness (QED) is 0.692. The summed E-state index contributed by atoms with van der Waals surface area (Å²) < 4.78 is 0. The normalized spacial score (nSPS) is 11.9. The minimum absolute atomic E-state index is 0.0292. The Hall–Kier alpha value is -1.14. The van der Waals surface area contributed by atoms with Crippen molar-refractivity contribution in [3.05, 3.63) is 16.3 Å². The van der Waals surface area contributed by atoms with Gasteiger partial charge in [-0.1, -0.05) is 11.8 Å². The van der Waals surface area contributed by atoms with Crippen LogP contribution in [-0.2, 0) is 4.79 Å². The van der Waals surface area contributed by atoms with Crippen LogP contribution in [0.1, 0.15) is 37.0 Å². The number of aromatic nitrogens is 2. The van der Waals surface area contributed by atoms with Crippen molar-refractivity contribution in [3.8, 4) is 0 Å². The van der Waals surface area contributed by atoms with Crippen molar-refractivity contribution < 1.29 is 4.79 Å². The monoisotopic (exact) mass is 323 g/mol. The summed E-state index contributed by atoms with van der Waals surface area (Å²) in [6, 6.07) is 0. The van der Waals surface area contributed by atoms with E-state index in [0.29, 0.717) is 5.75 Å². The van der Waals surface area contributed by atoms with Crippen LogP contribution < -0.4 is 5.32 Å². The third kappa shape index (κ3) is 3.95. The topological polar surface area (TPSA) is 54.9 Å².